The number of hydrazine groups is 1. The zero-order chi connectivity index (χ0) is 19.8. The standard InChI is InChI=1S/C20H23N3O4/c1-13-5-7-15(8-6-13)21-19(24)11-14(2)22-23-20(25)17-10-9-16(26-3)12-18(17)27-4/h5-12,22H,1-4H3,(H,21,24)(H,23,25). The molecule has 0 aliphatic rings. The molecule has 0 atom stereocenters. The van der Waals surface area contributed by atoms with Crippen LogP contribution < -0.4 is 25.6 Å². The van der Waals surface area contributed by atoms with Crippen LogP contribution in [-0.4, -0.2) is 26.0 Å². The summed E-state index contributed by atoms with van der Waals surface area (Å²) in [5.41, 5.74) is 7.84. The Morgan fingerprint density at radius 2 is 1.67 bits per heavy atom. The lowest BCUT2D eigenvalue weighted by molar-refractivity contribution is -0.112. The number of hydrogen-bond donors (Lipinski definition) is 3. The lowest BCUT2D eigenvalue weighted by atomic mass is 10.2. The lowest BCUT2D eigenvalue weighted by Crippen LogP contribution is -2.36. The van der Waals surface area contributed by atoms with Crippen molar-refractivity contribution < 1.29 is 19.1 Å². The van der Waals surface area contributed by atoms with E-state index in [4.69, 9.17) is 9.47 Å². The summed E-state index contributed by atoms with van der Waals surface area (Å²) < 4.78 is 10.3. The molecule has 27 heavy (non-hydrogen) atoms. The van der Waals surface area contributed by atoms with E-state index in [1.807, 2.05) is 31.2 Å². The Bertz CT molecular complexity index is 845. The molecule has 0 radical (unpaired) electrons. The van der Waals surface area contributed by atoms with Crippen LogP contribution in [0.15, 0.2) is 54.2 Å². The number of hydrogen-bond acceptors (Lipinski definition) is 5. The molecule has 0 aliphatic heterocycles. The predicted molar refractivity (Wildman–Crippen MR) is 104 cm³/mol. The van der Waals surface area contributed by atoms with E-state index in [9.17, 15) is 9.59 Å². The fourth-order valence-corrected chi connectivity index (χ4v) is 2.26. The second-order valence-corrected chi connectivity index (χ2v) is 5.83. The molecule has 3 N–H and O–H groups in total. The highest BCUT2D eigenvalue weighted by atomic mass is 16.5. The van der Waals surface area contributed by atoms with Gasteiger partial charge in [-0.05, 0) is 38.1 Å². The number of nitrogens with one attached hydrogen (secondary N) is 3. The summed E-state index contributed by atoms with van der Waals surface area (Å²) >= 11 is 0. The summed E-state index contributed by atoms with van der Waals surface area (Å²) in [6.45, 7) is 3.64. The lowest BCUT2D eigenvalue weighted by Gasteiger charge is -2.12. The molecule has 0 spiro atoms. The van der Waals surface area contributed by atoms with Gasteiger partial charge in [-0.15, -0.1) is 0 Å². The average Bonchev–Trinajstić information content (AvgIpc) is 2.67. The minimum atomic E-state index is -0.402. The first kappa shape index (κ1) is 19.8. The van der Waals surface area contributed by atoms with Crippen molar-refractivity contribution in [3.05, 3.63) is 65.4 Å². The van der Waals surface area contributed by atoms with Crippen LogP contribution in [0.5, 0.6) is 11.5 Å². The maximum Gasteiger partial charge on any atom is 0.273 e. The minimum absolute atomic E-state index is 0.305. The molecule has 7 heteroatoms. The zero-order valence-electron chi connectivity index (χ0n) is 15.8. The smallest absolute Gasteiger partial charge is 0.273 e. The molecule has 2 aromatic carbocycles. The summed E-state index contributed by atoms with van der Waals surface area (Å²) in [5, 5.41) is 2.75. The van der Waals surface area contributed by atoms with E-state index in [0.717, 1.165) is 5.56 Å². The molecular formula is C20H23N3O4. The van der Waals surface area contributed by atoms with Crippen LogP contribution in [0.4, 0.5) is 5.69 Å². The first-order valence-corrected chi connectivity index (χ1v) is 8.27. The van der Waals surface area contributed by atoms with Gasteiger partial charge in [0.1, 0.15) is 11.5 Å². The third kappa shape index (κ3) is 5.78. The highest BCUT2D eigenvalue weighted by Crippen LogP contribution is 2.24. The SMILES string of the molecule is COc1ccc(C(=O)NNC(C)=CC(=O)Nc2ccc(C)cc2)c(OC)c1. The van der Waals surface area contributed by atoms with Crippen molar-refractivity contribution >= 4 is 17.5 Å². The Balaban J connectivity index is 1.94. The molecule has 2 amide bonds. The number of rotatable bonds is 7. The van der Waals surface area contributed by atoms with Crippen molar-refractivity contribution in [2.75, 3.05) is 19.5 Å². The molecule has 0 unspecified atom stereocenters. The monoisotopic (exact) mass is 369 g/mol. The van der Waals surface area contributed by atoms with Gasteiger partial charge >= 0.3 is 0 Å². The Hall–Kier alpha value is -3.48. The predicted octanol–water partition coefficient (Wildman–Crippen LogP) is 2.79. The molecule has 0 bridgehead atoms. The second kappa shape index (κ2) is 9.28. The van der Waals surface area contributed by atoms with Crippen molar-refractivity contribution in [3.8, 4) is 11.5 Å². The Morgan fingerprint density at radius 3 is 2.30 bits per heavy atom. The van der Waals surface area contributed by atoms with Gasteiger partial charge in [0.2, 0.25) is 5.91 Å². The maximum atomic E-state index is 12.3. The molecule has 0 fully saturated rings. The van der Waals surface area contributed by atoms with E-state index in [1.54, 1.807) is 25.1 Å². The Kier molecular flexibility index (Phi) is 6.82. The summed E-state index contributed by atoms with van der Waals surface area (Å²) in [6, 6.07) is 12.3. The van der Waals surface area contributed by atoms with Gasteiger partial charge in [-0.25, -0.2) is 0 Å². The summed E-state index contributed by atoms with van der Waals surface area (Å²) in [7, 11) is 3.01. The molecule has 0 saturated carbocycles. The third-order valence-corrected chi connectivity index (χ3v) is 3.69. The molecular weight excluding hydrogens is 346 g/mol. The quantitative estimate of drug-likeness (QED) is 0.516. The van der Waals surface area contributed by atoms with E-state index in [-0.39, 0.29) is 5.91 Å². The van der Waals surface area contributed by atoms with Gasteiger partial charge in [0.25, 0.3) is 5.91 Å². The van der Waals surface area contributed by atoms with Gasteiger partial charge in [0.15, 0.2) is 0 Å². The van der Waals surface area contributed by atoms with E-state index in [1.165, 1.54) is 20.3 Å². The summed E-state index contributed by atoms with van der Waals surface area (Å²) in [5.74, 6) is 0.258. The van der Waals surface area contributed by atoms with E-state index < -0.39 is 5.91 Å². The van der Waals surface area contributed by atoms with Crippen molar-refractivity contribution in [1.29, 1.82) is 0 Å². The highest BCUT2D eigenvalue weighted by molar-refractivity contribution is 6.00. The zero-order valence-corrected chi connectivity index (χ0v) is 15.8. The van der Waals surface area contributed by atoms with Crippen LogP contribution in [0.25, 0.3) is 0 Å². The van der Waals surface area contributed by atoms with Gasteiger partial charge in [-0.3, -0.25) is 15.0 Å². The first-order chi connectivity index (χ1) is 12.9. The topological polar surface area (TPSA) is 88.7 Å². The summed E-state index contributed by atoms with van der Waals surface area (Å²) in [6.07, 6.45) is 1.35. The van der Waals surface area contributed by atoms with Crippen molar-refractivity contribution in [2.24, 2.45) is 0 Å². The summed E-state index contributed by atoms with van der Waals surface area (Å²) in [4.78, 5) is 24.3. The normalized spacial score (nSPS) is 10.7. The molecule has 142 valence electrons. The van der Waals surface area contributed by atoms with Gasteiger partial charge in [-0.1, -0.05) is 17.7 Å². The maximum absolute atomic E-state index is 12.3. The number of amides is 2. The van der Waals surface area contributed by atoms with Crippen molar-refractivity contribution in [2.45, 2.75) is 13.8 Å². The van der Waals surface area contributed by atoms with Crippen LogP contribution in [-0.2, 0) is 4.79 Å². The van der Waals surface area contributed by atoms with Gasteiger partial charge in [-0.2, -0.15) is 0 Å². The molecule has 0 aliphatic carbocycles. The highest BCUT2D eigenvalue weighted by Gasteiger charge is 2.13. The van der Waals surface area contributed by atoms with Crippen molar-refractivity contribution in [1.82, 2.24) is 10.9 Å². The third-order valence-electron chi connectivity index (χ3n) is 3.69. The number of anilines is 1. The van der Waals surface area contributed by atoms with Crippen LogP contribution in [0.1, 0.15) is 22.8 Å². The number of allylic oxidation sites excluding steroid dienone is 1. The number of carbonyl (C=O) groups is 2. The molecule has 7 nitrogen and oxygen atoms in total. The minimum Gasteiger partial charge on any atom is -0.497 e. The van der Waals surface area contributed by atoms with Crippen LogP contribution in [0.2, 0.25) is 0 Å². The van der Waals surface area contributed by atoms with Crippen LogP contribution >= 0.6 is 0 Å². The van der Waals surface area contributed by atoms with E-state index in [2.05, 4.69) is 16.2 Å². The second-order valence-electron chi connectivity index (χ2n) is 5.83. The number of aryl methyl sites for hydroxylation is 1. The Morgan fingerprint density at radius 1 is 0.963 bits per heavy atom. The largest absolute Gasteiger partial charge is 0.497 e. The number of benzene rings is 2. The molecule has 0 aromatic heterocycles. The fourth-order valence-electron chi connectivity index (χ4n) is 2.26. The van der Waals surface area contributed by atoms with Crippen molar-refractivity contribution in [3.63, 3.8) is 0 Å². The molecule has 0 heterocycles. The molecule has 2 rings (SSSR count). The van der Waals surface area contributed by atoms with Crippen LogP contribution in [0, 0.1) is 6.92 Å². The van der Waals surface area contributed by atoms with E-state index in [0.29, 0.717) is 28.4 Å². The fraction of sp³-hybridized carbons (Fsp3) is 0.200. The number of ether oxygens (including phenoxy) is 2. The van der Waals surface area contributed by atoms with Gasteiger partial charge in [0.05, 0.1) is 19.8 Å². The number of methoxy groups -OCH3 is 2. The first-order valence-electron chi connectivity index (χ1n) is 8.27. The molecule has 0 saturated heterocycles. The Labute approximate surface area is 158 Å². The average molecular weight is 369 g/mol. The number of carbonyl (C=O) groups excluding carboxylic acids is 2. The van der Waals surface area contributed by atoms with Gasteiger partial charge in [0, 0.05) is 23.5 Å². The van der Waals surface area contributed by atoms with E-state index >= 15 is 0 Å². The van der Waals surface area contributed by atoms with Gasteiger partial charge < -0.3 is 20.2 Å². The molecule has 2 aromatic rings. The van der Waals surface area contributed by atoms with Crippen LogP contribution in [0.3, 0.4) is 0 Å².